The molecular weight excluding hydrogens is 251 g/mol. The van der Waals surface area contributed by atoms with Crippen molar-refractivity contribution in [2.24, 2.45) is 0 Å². The second kappa shape index (κ2) is 5.18. The minimum Gasteiger partial charge on any atom is -0.479 e. The molecule has 0 aliphatic carbocycles. The number of hydrogen-bond donors (Lipinski definition) is 1. The summed E-state index contributed by atoms with van der Waals surface area (Å²) in [6.45, 7) is 0. The summed E-state index contributed by atoms with van der Waals surface area (Å²) in [6.07, 6.45) is 1.19. The zero-order valence-corrected chi connectivity index (χ0v) is 9.92. The van der Waals surface area contributed by atoms with E-state index in [-0.39, 0.29) is 28.8 Å². The first-order valence-corrected chi connectivity index (χ1v) is 5.18. The number of benzene rings is 1. The Kier molecular flexibility index (Phi) is 3.43. The molecule has 0 aliphatic heterocycles. The van der Waals surface area contributed by atoms with Crippen molar-refractivity contribution < 1.29 is 13.9 Å². The predicted octanol–water partition coefficient (Wildman–Crippen LogP) is 1.87. The lowest BCUT2D eigenvalue weighted by Gasteiger charge is -2.10. The van der Waals surface area contributed by atoms with Crippen molar-refractivity contribution in [1.82, 2.24) is 9.97 Å². The maximum Gasteiger partial charge on any atom is 0.249 e. The van der Waals surface area contributed by atoms with Gasteiger partial charge in [-0.1, -0.05) is 6.07 Å². The second-order valence-electron chi connectivity index (χ2n) is 3.43. The topological polar surface area (TPSA) is 94.0 Å². The van der Waals surface area contributed by atoms with Crippen LogP contribution in [0.4, 0.5) is 10.1 Å². The van der Waals surface area contributed by atoms with Crippen LogP contribution in [0.2, 0.25) is 0 Å². The molecule has 1 heterocycles. The van der Waals surface area contributed by atoms with Gasteiger partial charge in [0.1, 0.15) is 29.5 Å². The highest BCUT2D eigenvalue weighted by Crippen LogP contribution is 2.32. The normalized spacial score (nSPS) is 9.74. The third-order valence-electron chi connectivity index (χ3n) is 2.30. The van der Waals surface area contributed by atoms with Gasteiger partial charge >= 0.3 is 0 Å². The van der Waals surface area contributed by atoms with E-state index < -0.39 is 5.82 Å². The fraction of sp³-hybridized carbons (Fsp3) is 0.0833. The summed E-state index contributed by atoms with van der Waals surface area (Å²) >= 11 is 0. The van der Waals surface area contributed by atoms with Crippen LogP contribution in [0.1, 0.15) is 5.56 Å². The highest BCUT2D eigenvalue weighted by atomic mass is 19.1. The predicted molar refractivity (Wildman–Crippen MR) is 64.2 cm³/mol. The Balaban J connectivity index is 2.43. The lowest BCUT2D eigenvalue weighted by Crippen LogP contribution is -2.01. The van der Waals surface area contributed by atoms with E-state index in [1.807, 2.05) is 0 Å². The first kappa shape index (κ1) is 12.6. The van der Waals surface area contributed by atoms with E-state index in [4.69, 9.17) is 20.5 Å². The number of halogens is 1. The van der Waals surface area contributed by atoms with Crippen LogP contribution < -0.4 is 15.2 Å². The maximum absolute atomic E-state index is 13.4. The average molecular weight is 260 g/mol. The van der Waals surface area contributed by atoms with E-state index in [2.05, 4.69) is 9.97 Å². The van der Waals surface area contributed by atoms with E-state index >= 15 is 0 Å². The van der Waals surface area contributed by atoms with E-state index in [0.29, 0.717) is 0 Å². The molecule has 7 heteroatoms. The van der Waals surface area contributed by atoms with E-state index in [1.165, 1.54) is 25.6 Å². The third-order valence-corrected chi connectivity index (χ3v) is 2.30. The van der Waals surface area contributed by atoms with Crippen molar-refractivity contribution in [2.45, 2.75) is 0 Å². The Morgan fingerprint density at radius 3 is 2.74 bits per heavy atom. The molecule has 6 nitrogen and oxygen atoms in total. The highest BCUT2D eigenvalue weighted by molar-refractivity contribution is 5.57. The summed E-state index contributed by atoms with van der Waals surface area (Å²) in [5.74, 6) is -0.525. The molecule has 0 bridgehead atoms. The average Bonchev–Trinajstić information content (AvgIpc) is 2.41. The molecule has 0 fully saturated rings. The van der Waals surface area contributed by atoms with E-state index in [0.717, 1.165) is 6.07 Å². The maximum atomic E-state index is 13.4. The monoisotopic (exact) mass is 260 g/mol. The number of nitrogens with two attached hydrogens (primary N) is 1. The molecule has 96 valence electrons. The van der Waals surface area contributed by atoms with Gasteiger partial charge in [-0.15, -0.1) is 0 Å². The fourth-order valence-corrected chi connectivity index (χ4v) is 1.41. The summed E-state index contributed by atoms with van der Waals surface area (Å²) < 4.78 is 23.7. The van der Waals surface area contributed by atoms with Crippen LogP contribution in [-0.2, 0) is 0 Å². The Hall–Kier alpha value is -2.88. The highest BCUT2D eigenvalue weighted by Gasteiger charge is 2.14. The smallest absolute Gasteiger partial charge is 0.249 e. The van der Waals surface area contributed by atoms with Crippen LogP contribution in [0.5, 0.6) is 17.5 Å². The molecule has 0 atom stereocenters. The minimum absolute atomic E-state index is 0.00560. The van der Waals surface area contributed by atoms with E-state index in [9.17, 15) is 4.39 Å². The SMILES string of the molecule is COc1ncnc(Oc2cccc(F)c2C#N)c1N. The molecule has 0 saturated carbocycles. The van der Waals surface area contributed by atoms with Crippen molar-refractivity contribution in [2.75, 3.05) is 12.8 Å². The van der Waals surface area contributed by atoms with Gasteiger partial charge < -0.3 is 15.2 Å². The molecule has 0 amide bonds. The largest absolute Gasteiger partial charge is 0.479 e. The quantitative estimate of drug-likeness (QED) is 0.905. The van der Waals surface area contributed by atoms with Gasteiger partial charge in [-0.2, -0.15) is 15.2 Å². The number of ether oxygens (including phenoxy) is 2. The van der Waals surface area contributed by atoms with Gasteiger partial charge in [0.2, 0.25) is 11.8 Å². The Labute approximate surface area is 108 Å². The van der Waals surface area contributed by atoms with Crippen LogP contribution in [0.3, 0.4) is 0 Å². The van der Waals surface area contributed by atoms with Crippen LogP contribution >= 0.6 is 0 Å². The number of aromatic nitrogens is 2. The number of anilines is 1. The summed E-state index contributed by atoms with van der Waals surface area (Å²) in [5, 5.41) is 8.89. The first-order chi connectivity index (χ1) is 9.17. The molecule has 1 aromatic heterocycles. The molecule has 2 aromatic rings. The molecule has 0 aliphatic rings. The van der Waals surface area contributed by atoms with Gasteiger partial charge in [0.25, 0.3) is 0 Å². The molecule has 2 rings (SSSR count). The molecule has 2 N–H and O–H groups in total. The van der Waals surface area contributed by atoms with Crippen molar-refractivity contribution in [3.63, 3.8) is 0 Å². The number of nitrogens with zero attached hydrogens (tertiary/aromatic N) is 3. The van der Waals surface area contributed by atoms with Crippen LogP contribution in [0, 0.1) is 17.1 Å². The van der Waals surface area contributed by atoms with E-state index in [1.54, 1.807) is 6.07 Å². The summed E-state index contributed by atoms with van der Waals surface area (Å²) in [7, 11) is 1.39. The molecule has 0 unspecified atom stereocenters. The van der Waals surface area contributed by atoms with Crippen LogP contribution in [0.15, 0.2) is 24.5 Å². The second-order valence-corrected chi connectivity index (χ2v) is 3.43. The van der Waals surface area contributed by atoms with Crippen LogP contribution in [0.25, 0.3) is 0 Å². The molecule has 0 spiro atoms. The third kappa shape index (κ3) is 2.37. The van der Waals surface area contributed by atoms with Crippen molar-refractivity contribution in [3.05, 3.63) is 35.9 Å². The number of methoxy groups -OCH3 is 1. The standard InChI is InChI=1S/C12H9FN4O2/c1-18-11-10(15)12(17-6-16-11)19-9-4-2-3-8(13)7(9)5-14/h2-4,6H,15H2,1H3. The molecule has 19 heavy (non-hydrogen) atoms. The van der Waals surface area contributed by atoms with Crippen LogP contribution in [-0.4, -0.2) is 17.1 Å². The number of hydrogen-bond acceptors (Lipinski definition) is 6. The zero-order chi connectivity index (χ0) is 13.8. The number of rotatable bonds is 3. The molecule has 0 radical (unpaired) electrons. The van der Waals surface area contributed by atoms with Gasteiger partial charge in [-0.05, 0) is 12.1 Å². The first-order valence-electron chi connectivity index (χ1n) is 5.18. The number of nitriles is 1. The summed E-state index contributed by atoms with van der Waals surface area (Å²) in [6, 6.07) is 5.74. The minimum atomic E-state index is -0.681. The van der Waals surface area contributed by atoms with Crippen molar-refractivity contribution in [1.29, 1.82) is 5.26 Å². The lowest BCUT2D eigenvalue weighted by atomic mass is 10.2. The Bertz CT molecular complexity index is 655. The van der Waals surface area contributed by atoms with Gasteiger partial charge in [0.15, 0.2) is 5.69 Å². The van der Waals surface area contributed by atoms with Crippen molar-refractivity contribution in [3.8, 4) is 23.6 Å². The lowest BCUT2D eigenvalue weighted by molar-refractivity contribution is 0.391. The molecule has 1 aromatic carbocycles. The van der Waals surface area contributed by atoms with Gasteiger partial charge in [0.05, 0.1) is 7.11 Å². The van der Waals surface area contributed by atoms with Gasteiger partial charge in [0, 0.05) is 0 Å². The fourth-order valence-electron chi connectivity index (χ4n) is 1.41. The summed E-state index contributed by atoms with van der Waals surface area (Å²) in [5.41, 5.74) is 5.56. The van der Waals surface area contributed by atoms with Gasteiger partial charge in [-0.3, -0.25) is 0 Å². The molecular formula is C12H9FN4O2. The molecule has 0 saturated heterocycles. The Morgan fingerprint density at radius 2 is 2.05 bits per heavy atom. The van der Waals surface area contributed by atoms with Crippen molar-refractivity contribution >= 4 is 5.69 Å². The van der Waals surface area contributed by atoms with Gasteiger partial charge in [-0.25, -0.2) is 4.39 Å². The zero-order valence-electron chi connectivity index (χ0n) is 9.92. The number of nitrogen functional groups attached to an aromatic ring is 1. The summed E-state index contributed by atoms with van der Waals surface area (Å²) in [4.78, 5) is 7.60. The Morgan fingerprint density at radius 1 is 1.32 bits per heavy atom.